The van der Waals surface area contributed by atoms with E-state index in [1.54, 1.807) is 24.3 Å². The lowest BCUT2D eigenvalue weighted by molar-refractivity contribution is -0.138. The van der Waals surface area contributed by atoms with Gasteiger partial charge in [-0.2, -0.15) is 18.4 Å². The van der Waals surface area contributed by atoms with E-state index in [2.05, 4.69) is 0 Å². The maximum absolute atomic E-state index is 13.0. The second-order valence-corrected chi connectivity index (χ2v) is 5.39. The number of nitriles is 1. The van der Waals surface area contributed by atoms with Crippen LogP contribution in [0.15, 0.2) is 48.5 Å². The zero-order valence-corrected chi connectivity index (χ0v) is 13.0. The Morgan fingerprint density at radius 1 is 1.12 bits per heavy atom. The molecule has 0 saturated heterocycles. The van der Waals surface area contributed by atoms with Crippen molar-refractivity contribution < 1.29 is 18.0 Å². The Morgan fingerprint density at radius 3 is 2.33 bits per heavy atom. The van der Waals surface area contributed by atoms with Crippen LogP contribution in [0.1, 0.15) is 22.3 Å². The molecule has 0 spiro atoms. The quantitative estimate of drug-likeness (QED) is 0.855. The molecule has 0 N–H and O–H groups in total. The molecule has 124 valence electrons. The van der Waals surface area contributed by atoms with Crippen molar-refractivity contribution in [3.63, 3.8) is 0 Å². The molecule has 0 atom stereocenters. The first-order valence-electron chi connectivity index (χ1n) is 7.19. The van der Waals surface area contributed by atoms with Gasteiger partial charge < -0.3 is 4.90 Å². The second kappa shape index (κ2) is 7.18. The van der Waals surface area contributed by atoms with Crippen LogP contribution < -0.4 is 0 Å². The molecule has 0 fully saturated rings. The van der Waals surface area contributed by atoms with E-state index in [1.165, 1.54) is 30.1 Å². The van der Waals surface area contributed by atoms with Crippen molar-refractivity contribution in [2.75, 3.05) is 7.05 Å². The summed E-state index contributed by atoms with van der Waals surface area (Å²) in [6.45, 7) is 0.263. The first kappa shape index (κ1) is 17.5. The summed E-state index contributed by atoms with van der Waals surface area (Å²) in [5.74, 6) is -0.406. The molecular weight excluding hydrogens is 317 g/mol. The van der Waals surface area contributed by atoms with Gasteiger partial charge in [0.2, 0.25) is 5.91 Å². The molecule has 3 nitrogen and oxygen atoms in total. The number of hydrogen-bond acceptors (Lipinski definition) is 2. The van der Waals surface area contributed by atoms with E-state index in [0.717, 1.165) is 11.6 Å². The summed E-state index contributed by atoms with van der Waals surface area (Å²) in [7, 11) is 1.54. The van der Waals surface area contributed by atoms with E-state index < -0.39 is 17.6 Å². The molecule has 2 rings (SSSR count). The standard InChI is InChI=1S/C18H15F3N2O/c1-23(12-14-8-6-13(11-22)7-9-14)17(24)10-15-4-2-3-5-16(15)18(19,20)21/h2-9H,10,12H2,1H3. The lowest BCUT2D eigenvalue weighted by Gasteiger charge is -2.19. The van der Waals surface area contributed by atoms with E-state index in [9.17, 15) is 18.0 Å². The van der Waals surface area contributed by atoms with E-state index in [1.807, 2.05) is 6.07 Å². The minimum absolute atomic E-state index is 0.0401. The van der Waals surface area contributed by atoms with Crippen LogP contribution in [0.3, 0.4) is 0 Å². The summed E-state index contributed by atoms with van der Waals surface area (Å²) < 4.78 is 38.9. The van der Waals surface area contributed by atoms with E-state index in [-0.39, 0.29) is 18.5 Å². The second-order valence-electron chi connectivity index (χ2n) is 5.39. The zero-order valence-electron chi connectivity index (χ0n) is 13.0. The Labute approximate surface area is 137 Å². The van der Waals surface area contributed by atoms with Gasteiger partial charge in [0.1, 0.15) is 0 Å². The number of nitrogens with zero attached hydrogens (tertiary/aromatic N) is 2. The van der Waals surface area contributed by atoms with Crippen LogP contribution in [0.25, 0.3) is 0 Å². The Hall–Kier alpha value is -2.81. The van der Waals surface area contributed by atoms with E-state index in [0.29, 0.717) is 5.56 Å². The summed E-state index contributed by atoms with van der Waals surface area (Å²) in [4.78, 5) is 13.6. The van der Waals surface area contributed by atoms with Crippen molar-refractivity contribution in [3.8, 4) is 6.07 Å². The molecule has 0 bridgehead atoms. The number of rotatable bonds is 4. The van der Waals surface area contributed by atoms with Crippen molar-refractivity contribution in [1.82, 2.24) is 4.90 Å². The molecule has 0 unspecified atom stereocenters. The highest BCUT2D eigenvalue weighted by Gasteiger charge is 2.33. The highest BCUT2D eigenvalue weighted by Crippen LogP contribution is 2.32. The summed E-state index contributed by atoms with van der Waals surface area (Å²) in [5, 5.41) is 8.75. The minimum Gasteiger partial charge on any atom is -0.341 e. The number of carbonyl (C=O) groups is 1. The number of carbonyl (C=O) groups excluding carboxylic acids is 1. The Balaban J connectivity index is 2.08. The largest absolute Gasteiger partial charge is 0.416 e. The van der Waals surface area contributed by atoms with Crippen LogP contribution in [0, 0.1) is 11.3 Å². The van der Waals surface area contributed by atoms with Gasteiger partial charge in [0.05, 0.1) is 23.6 Å². The van der Waals surface area contributed by atoms with E-state index >= 15 is 0 Å². The maximum atomic E-state index is 13.0. The molecule has 6 heteroatoms. The predicted octanol–water partition coefficient (Wildman–Crippen LogP) is 3.78. The van der Waals surface area contributed by atoms with Gasteiger partial charge in [-0.1, -0.05) is 30.3 Å². The lowest BCUT2D eigenvalue weighted by atomic mass is 10.0. The number of halogens is 3. The first-order valence-corrected chi connectivity index (χ1v) is 7.19. The first-order chi connectivity index (χ1) is 11.3. The van der Waals surface area contributed by atoms with Crippen molar-refractivity contribution >= 4 is 5.91 Å². The molecule has 0 heterocycles. The summed E-state index contributed by atoms with van der Waals surface area (Å²) in [6.07, 6.45) is -4.80. The number of likely N-dealkylation sites (N-methyl/N-ethyl adjacent to an activating group) is 1. The Morgan fingerprint density at radius 2 is 1.75 bits per heavy atom. The van der Waals surface area contributed by atoms with Gasteiger partial charge in [-0.05, 0) is 29.3 Å². The fourth-order valence-corrected chi connectivity index (χ4v) is 2.30. The topological polar surface area (TPSA) is 44.1 Å². The number of benzene rings is 2. The molecule has 24 heavy (non-hydrogen) atoms. The van der Waals surface area contributed by atoms with Gasteiger partial charge in [-0.25, -0.2) is 0 Å². The van der Waals surface area contributed by atoms with Crippen LogP contribution in [-0.2, 0) is 23.9 Å². The zero-order chi connectivity index (χ0) is 17.7. The van der Waals surface area contributed by atoms with Gasteiger partial charge in [0.25, 0.3) is 0 Å². The SMILES string of the molecule is CN(Cc1ccc(C#N)cc1)C(=O)Cc1ccccc1C(F)(F)F. The van der Waals surface area contributed by atoms with Gasteiger partial charge >= 0.3 is 6.18 Å². The highest BCUT2D eigenvalue weighted by molar-refractivity contribution is 5.79. The molecular formula is C18H15F3N2O. The van der Waals surface area contributed by atoms with Crippen molar-refractivity contribution in [2.45, 2.75) is 19.1 Å². The molecule has 2 aromatic rings. The molecule has 0 aliphatic heterocycles. The Kier molecular flexibility index (Phi) is 5.24. The fourth-order valence-electron chi connectivity index (χ4n) is 2.30. The molecule has 0 saturated carbocycles. The third-order valence-corrected chi connectivity index (χ3v) is 3.59. The summed E-state index contributed by atoms with van der Waals surface area (Å²) in [5.41, 5.74) is 0.479. The molecule has 0 aromatic heterocycles. The Bertz CT molecular complexity index is 761. The summed E-state index contributed by atoms with van der Waals surface area (Å²) >= 11 is 0. The van der Waals surface area contributed by atoms with E-state index in [4.69, 9.17) is 5.26 Å². The van der Waals surface area contributed by atoms with Gasteiger partial charge in [-0.3, -0.25) is 4.79 Å². The van der Waals surface area contributed by atoms with Crippen LogP contribution in [-0.4, -0.2) is 17.9 Å². The summed E-state index contributed by atoms with van der Waals surface area (Å²) in [6, 6.07) is 13.8. The normalized spacial score (nSPS) is 11.0. The molecule has 2 aromatic carbocycles. The van der Waals surface area contributed by atoms with Crippen LogP contribution >= 0.6 is 0 Å². The number of alkyl halides is 3. The van der Waals surface area contributed by atoms with Gasteiger partial charge in [0, 0.05) is 13.6 Å². The molecule has 0 aliphatic rings. The molecule has 1 amide bonds. The lowest BCUT2D eigenvalue weighted by Crippen LogP contribution is -2.28. The number of hydrogen-bond donors (Lipinski definition) is 0. The predicted molar refractivity (Wildman–Crippen MR) is 82.8 cm³/mol. The average molecular weight is 332 g/mol. The fraction of sp³-hybridized carbons (Fsp3) is 0.222. The maximum Gasteiger partial charge on any atom is 0.416 e. The molecule has 0 aliphatic carbocycles. The van der Waals surface area contributed by atoms with Crippen molar-refractivity contribution in [3.05, 3.63) is 70.8 Å². The monoisotopic (exact) mass is 332 g/mol. The minimum atomic E-state index is -4.48. The third-order valence-electron chi connectivity index (χ3n) is 3.59. The van der Waals surface area contributed by atoms with Crippen molar-refractivity contribution in [2.24, 2.45) is 0 Å². The average Bonchev–Trinajstić information content (AvgIpc) is 2.55. The van der Waals surface area contributed by atoms with Gasteiger partial charge in [0.15, 0.2) is 0 Å². The number of amides is 1. The van der Waals surface area contributed by atoms with Crippen LogP contribution in [0.4, 0.5) is 13.2 Å². The van der Waals surface area contributed by atoms with Crippen LogP contribution in [0.2, 0.25) is 0 Å². The van der Waals surface area contributed by atoms with Gasteiger partial charge in [-0.15, -0.1) is 0 Å². The molecule has 0 radical (unpaired) electrons. The highest BCUT2D eigenvalue weighted by atomic mass is 19.4. The van der Waals surface area contributed by atoms with Crippen LogP contribution in [0.5, 0.6) is 0 Å². The van der Waals surface area contributed by atoms with Crippen molar-refractivity contribution in [1.29, 1.82) is 5.26 Å². The smallest absolute Gasteiger partial charge is 0.341 e. The third kappa shape index (κ3) is 4.35.